The van der Waals surface area contributed by atoms with Crippen LogP contribution in [0, 0.1) is 0 Å². The lowest BCUT2D eigenvalue weighted by molar-refractivity contribution is 0.0981. The summed E-state index contributed by atoms with van der Waals surface area (Å²) in [5.74, 6) is 1.00. The minimum Gasteiger partial charge on any atom is -0.294 e. The minimum absolute atomic E-state index is 0.132. The Labute approximate surface area is 172 Å². The molecule has 0 bridgehead atoms. The number of carbonyl (C=O) groups excluding carboxylic acids is 1. The highest BCUT2D eigenvalue weighted by Crippen LogP contribution is 2.37. The highest BCUT2D eigenvalue weighted by molar-refractivity contribution is 7.99. The first-order valence-corrected chi connectivity index (χ1v) is 10.6. The van der Waals surface area contributed by atoms with Gasteiger partial charge in [0.05, 0.1) is 11.4 Å². The molecule has 142 valence electrons. The maximum atomic E-state index is 12.7. The van der Waals surface area contributed by atoms with Gasteiger partial charge < -0.3 is 0 Å². The van der Waals surface area contributed by atoms with Gasteiger partial charge in [0.15, 0.2) is 5.78 Å². The van der Waals surface area contributed by atoms with Crippen LogP contribution >= 0.6 is 23.4 Å². The van der Waals surface area contributed by atoms with Gasteiger partial charge in [-0.25, -0.2) is 0 Å². The smallest absolute Gasteiger partial charge is 0.271 e. The second kappa shape index (κ2) is 7.94. The number of ketones is 1. The zero-order valence-corrected chi connectivity index (χ0v) is 17.0. The number of rotatable bonds is 4. The van der Waals surface area contributed by atoms with Gasteiger partial charge in [0.2, 0.25) is 0 Å². The van der Waals surface area contributed by atoms with Gasteiger partial charge in [-0.05, 0) is 54.8 Å². The van der Waals surface area contributed by atoms with Gasteiger partial charge in [-0.15, -0.1) is 11.8 Å². The van der Waals surface area contributed by atoms with Gasteiger partial charge >= 0.3 is 0 Å². The quantitative estimate of drug-likeness (QED) is 0.556. The fraction of sp³-hybridized carbons (Fsp3) is 0.227. The van der Waals surface area contributed by atoms with Crippen molar-refractivity contribution in [2.45, 2.75) is 31.1 Å². The summed E-state index contributed by atoms with van der Waals surface area (Å²) in [6.45, 7) is 2.00. The Balaban J connectivity index is 1.89. The van der Waals surface area contributed by atoms with Crippen molar-refractivity contribution in [2.75, 3.05) is 5.75 Å². The number of aromatic nitrogens is 2. The van der Waals surface area contributed by atoms with Gasteiger partial charge in [-0.2, -0.15) is 9.78 Å². The van der Waals surface area contributed by atoms with Crippen LogP contribution < -0.4 is 5.56 Å². The summed E-state index contributed by atoms with van der Waals surface area (Å²) in [7, 11) is 0. The molecule has 0 atom stereocenters. The number of Topliss-reactive ketones (excluding diaryl/α,β-unsaturated/α-hetero) is 1. The van der Waals surface area contributed by atoms with Crippen LogP contribution in [0.5, 0.6) is 0 Å². The Kier molecular flexibility index (Phi) is 5.38. The molecule has 1 aliphatic heterocycles. The number of hydrogen-bond donors (Lipinski definition) is 0. The van der Waals surface area contributed by atoms with E-state index in [0.29, 0.717) is 22.7 Å². The number of fused-ring (bicyclic) bond motifs is 3. The molecule has 0 saturated heterocycles. The molecule has 4 rings (SSSR count). The van der Waals surface area contributed by atoms with Gasteiger partial charge in [0.25, 0.3) is 5.56 Å². The van der Waals surface area contributed by atoms with Crippen molar-refractivity contribution >= 4 is 29.1 Å². The first-order chi connectivity index (χ1) is 13.6. The SMILES string of the molecule is CCCC(=O)c1ccc2c(c1)-c1nn(-c3ccc(Cl)cc3)c(=O)cc1CCS2. The molecule has 0 spiro atoms. The van der Waals surface area contributed by atoms with Crippen LogP contribution in [-0.2, 0) is 6.42 Å². The second-order valence-corrected chi connectivity index (χ2v) is 8.30. The first kappa shape index (κ1) is 19.0. The van der Waals surface area contributed by atoms with Crippen LogP contribution in [-0.4, -0.2) is 21.3 Å². The molecule has 0 fully saturated rings. The summed E-state index contributed by atoms with van der Waals surface area (Å²) in [6.07, 6.45) is 2.10. The molecule has 28 heavy (non-hydrogen) atoms. The Bertz CT molecular complexity index is 1110. The molecular formula is C22H19ClN2O2S. The predicted molar refractivity (Wildman–Crippen MR) is 114 cm³/mol. The minimum atomic E-state index is -0.173. The molecular weight excluding hydrogens is 392 g/mol. The number of halogens is 1. The van der Waals surface area contributed by atoms with Gasteiger partial charge in [-0.3, -0.25) is 9.59 Å². The van der Waals surface area contributed by atoms with E-state index in [4.69, 9.17) is 16.7 Å². The normalized spacial score (nSPS) is 12.8. The van der Waals surface area contributed by atoms with E-state index in [9.17, 15) is 9.59 Å². The van der Waals surface area contributed by atoms with E-state index in [1.807, 2.05) is 25.1 Å². The van der Waals surface area contributed by atoms with Gasteiger partial charge in [0.1, 0.15) is 0 Å². The molecule has 0 amide bonds. The van der Waals surface area contributed by atoms with Crippen LogP contribution in [0.4, 0.5) is 0 Å². The summed E-state index contributed by atoms with van der Waals surface area (Å²) in [4.78, 5) is 26.2. The van der Waals surface area contributed by atoms with Crippen molar-refractivity contribution in [3.8, 4) is 16.9 Å². The van der Waals surface area contributed by atoms with E-state index in [-0.39, 0.29) is 11.3 Å². The van der Waals surface area contributed by atoms with Crippen LogP contribution in [0.2, 0.25) is 5.02 Å². The third kappa shape index (κ3) is 3.64. The summed E-state index contributed by atoms with van der Waals surface area (Å²) in [6, 6.07) is 14.5. The third-order valence-corrected chi connectivity index (χ3v) is 6.07. The Morgan fingerprint density at radius 3 is 2.71 bits per heavy atom. The molecule has 2 heterocycles. The van der Waals surface area contributed by atoms with E-state index < -0.39 is 0 Å². The average molecular weight is 411 g/mol. The third-order valence-electron chi connectivity index (χ3n) is 4.74. The average Bonchev–Trinajstić information content (AvgIpc) is 2.86. The standard InChI is InChI=1S/C22H19ClN2O2S/c1-2-3-19(26)14-4-9-20-18(12-14)22-15(10-11-28-20)13-21(27)25(24-22)17-7-5-16(23)6-8-17/h4-9,12-13H,2-3,10-11H2,1H3. The van der Waals surface area contributed by atoms with Crippen LogP contribution in [0.25, 0.3) is 16.9 Å². The molecule has 1 aliphatic rings. The molecule has 6 heteroatoms. The Hall–Kier alpha value is -2.37. The van der Waals surface area contributed by atoms with Crippen molar-refractivity contribution in [1.29, 1.82) is 0 Å². The van der Waals surface area contributed by atoms with Crippen LogP contribution in [0.3, 0.4) is 0 Å². The van der Waals surface area contributed by atoms with Crippen molar-refractivity contribution in [2.24, 2.45) is 0 Å². The highest BCUT2D eigenvalue weighted by atomic mass is 35.5. The Morgan fingerprint density at radius 2 is 1.96 bits per heavy atom. The molecule has 0 saturated carbocycles. The van der Waals surface area contributed by atoms with Crippen molar-refractivity contribution in [1.82, 2.24) is 9.78 Å². The van der Waals surface area contributed by atoms with E-state index in [1.54, 1.807) is 42.1 Å². The number of benzene rings is 2. The van der Waals surface area contributed by atoms with Crippen molar-refractivity contribution in [3.05, 3.63) is 75.0 Å². The highest BCUT2D eigenvalue weighted by Gasteiger charge is 2.20. The zero-order valence-electron chi connectivity index (χ0n) is 15.4. The molecule has 0 radical (unpaired) electrons. The van der Waals surface area contributed by atoms with Gasteiger partial charge in [0, 0.05) is 39.3 Å². The predicted octanol–water partition coefficient (Wildman–Crippen LogP) is 5.18. The molecule has 3 aromatic rings. The van der Waals surface area contributed by atoms with Crippen LogP contribution in [0.1, 0.15) is 35.7 Å². The summed E-state index contributed by atoms with van der Waals surface area (Å²) in [5.41, 5.74) is 3.78. The fourth-order valence-corrected chi connectivity index (χ4v) is 4.48. The monoisotopic (exact) mass is 410 g/mol. The molecule has 0 aliphatic carbocycles. The fourth-order valence-electron chi connectivity index (χ4n) is 3.33. The van der Waals surface area contributed by atoms with E-state index in [0.717, 1.165) is 40.3 Å². The van der Waals surface area contributed by atoms with Crippen LogP contribution in [0.15, 0.2) is 58.2 Å². The molecule has 2 aromatic carbocycles. The van der Waals surface area contributed by atoms with E-state index in [1.165, 1.54) is 4.68 Å². The zero-order chi connectivity index (χ0) is 19.7. The molecule has 0 N–H and O–H groups in total. The maximum Gasteiger partial charge on any atom is 0.271 e. The lowest BCUT2D eigenvalue weighted by Crippen LogP contribution is -2.22. The van der Waals surface area contributed by atoms with Gasteiger partial charge in [-0.1, -0.05) is 24.6 Å². The number of thioether (sulfide) groups is 1. The molecule has 1 aromatic heterocycles. The van der Waals surface area contributed by atoms with E-state index >= 15 is 0 Å². The molecule has 4 nitrogen and oxygen atoms in total. The summed E-state index contributed by atoms with van der Waals surface area (Å²) < 4.78 is 1.40. The first-order valence-electron chi connectivity index (χ1n) is 9.26. The largest absolute Gasteiger partial charge is 0.294 e. The summed E-state index contributed by atoms with van der Waals surface area (Å²) >= 11 is 7.70. The number of nitrogens with zero attached hydrogens (tertiary/aromatic N) is 2. The maximum absolute atomic E-state index is 12.7. The van der Waals surface area contributed by atoms with Crippen molar-refractivity contribution in [3.63, 3.8) is 0 Å². The lowest BCUT2D eigenvalue weighted by Gasteiger charge is -2.12. The second-order valence-electron chi connectivity index (χ2n) is 6.73. The van der Waals surface area contributed by atoms with Crippen molar-refractivity contribution < 1.29 is 4.79 Å². The lowest BCUT2D eigenvalue weighted by atomic mass is 9.99. The Morgan fingerprint density at radius 1 is 1.18 bits per heavy atom. The van der Waals surface area contributed by atoms with E-state index in [2.05, 4.69) is 0 Å². The molecule has 0 unspecified atom stereocenters. The topological polar surface area (TPSA) is 52.0 Å². The number of aryl methyl sites for hydroxylation is 1. The number of hydrogen-bond acceptors (Lipinski definition) is 4. The number of carbonyl (C=O) groups is 1. The summed E-state index contributed by atoms with van der Waals surface area (Å²) in [5, 5.41) is 5.30.